The summed E-state index contributed by atoms with van der Waals surface area (Å²) in [5, 5.41) is 0. The molecule has 0 saturated carbocycles. The second-order valence-corrected chi connectivity index (χ2v) is 3.21. The molecule has 0 aliphatic carbocycles. The second-order valence-electron chi connectivity index (χ2n) is 3.21. The number of aromatic nitrogens is 1. The maximum atomic E-state index is 11.8. The second kappa shape index (κ2) is 4.49. The Kier molecular flexibility index (Phi) is 3.56. The van der Waals surface area contributed by atoms with Crippen molar-refractivity contribution in [2.24, 2.45) is 0 Å². The summed E-state index contributed by atoms with van der Waals surface area (Å²) in [6, 6.07) is 1.79. The van der Waals surface area contributed by atoms with Crippen LogP contribution in [0, 0.1) is 0 Å². The fourth-order valence-electron chi connectivity index (χ4n) is 1.17. The number of methoxy groups -OCH3 is 1. The summed E-state index contributed by atoms with van der Waals surface area (Å²) in [4.78, 5) is 17.2. The van der Waals surface area contributed by atoms with Gasteiger partial charge in [0.05, 0.1) is 0 Å². The standard InChI is InChI=1S/C9H11N2O2.Li/c1-11(2)9(12)7-5-4-6-10-8(7)13-3;/h4,6H,1-3H3;. The molecule has 0 spiro atoms. The Bertz CT molecular complexity index is 353. The Balaban J connectivity index is 3.23. The minimum absolute atomic E-state index is 0.0903. The summed E-state index contributed by atoms with van der Waals surface area (Å²) in [6.07, 6.45) is 1.63. The van der Waals surface area contributed by atoms with Gasteiger partial charge in [0.25, 0.3) is 0 Å². The van der Waals surface area contributed by atoms with Crippen molar-refractivity contribution in [2.75, 3.05) is 21.2 Å². The Hall–Kier alpha value is -0.983. The molecule has 14 heavy (non-hydrogen) atoms. The van der Waals surface area contributed by atoms with E-state index in [0.29, 0.717) is 11.4 Å². The average molecular weight is 186 g/mol. The quantitative estimate of drug-likeness (QED) is 0.589. The molecule has 5 heteroatoms. The van der Waals surface area contributed by atoms with Gasteiger partial charge in [-0.3, -0.25) is 0 Å². The number of hydrogen-bond donors (Lipinski definition) is 0. The monoisotopic (exact) mass is 186 g/mol. The third-order valence-electron chi connectivity index (χ3n) is 1.94. The first-order valence-electron chi connectivity index (χ1n) is 4.29. The molecule has 0 unspecified atom stereocenters. The summed E-state index contributed by atoms with van der Waals surface area (Å²) in [6.45, 7) is 0. The predicted molar refractivity (Wildman–Crippen MR) is 54.2 cm³/mol. The first kappa shape index (κ1) is 11.1. The fourth-order valence-corrected chi connectivity index (χ4v) is 1.17. The molecular weight excluding hydrogens is 175 g/mol. The molecule has 0 saturated heterocycles. The number of hydrogen-bond acceptors (Lipinski definition) is 3. The summed E-state index contributed by atoms with van der Waals surface area (Å²) >= 11 is 1.86. The number of pyridine rings is 1. The molecule has 1 aromatic heterocycles. The molecule has 1 aromatic rings. The zero-order valence-electron chi connectivity index (χ0n) is 8.87. The predicted octanol–water partition coefficient (Wildman–Crippen LogP) is -0.414. The van der Waals surface area contributed by atoms with Gasteiger partial charge in [0, 0.05) is 0 Å². The van der Waals surface area contributed by atoms with Crippen LogP contribution in [0.15, 0.2) is 12.3 Å². The molecule has 0 N–H and O–H groups in total. The van der Waals surface area contributed by atoms with Gasteiger partial charge in [-0.1, -0.05) is 0 Å². The molecule has 1 amide bonds. The SMILES string of the molecule is [Li][c]1ccnc(OC)c1C(=O)N(C)C. The Morgan fingerprint density at radius 1 is 1.57 bits per heavy atom. The molecule has 0 aromatic carbocycles. The van der Waals surface area contributed by atoms with Crippen molar-refractivity contribution < 1.29 is 9.53 Å². The van der Waals surface area contributed by atoms with Crippen molar-refractivity contribution >= 4 is 27.9 Å². The van der Waals surface area contributed by atoms with Gasteiger partial charge in [0.15, 0.2) is 0 Å². The van der Waals surface area contributed by atoms with Gasteiger partial charge in [-0.15, -0.1) is 0 Å². The van der Waals surface area contributed by atoms with Crippen molar-refractivity contribution in [3.05, 3.63) is 17.8 Å². The van der Waals surface area contributed by atoms with E-state index in [1.165, 1.54) is 12.0 Å². The van der Waals surface area contributed by atoms with Crippen LogP contribution in [0.2, 0.25) is 0 Å². The van der Waals surface area contributed by atoms with E-state index in [1.54, 1.807) is 26.4 Å². The maximum absolute atomic E-state index is 11.8. The molecule has 0 atom stereocenters. The van der Waals surface area contributed by atoms with Gasteiger partial charge in [-0.05, 0) is 0 Å². The molecule has 0 bridgehead atoms. The third kappa shape index (κ3) is 2.09. The van der Waals surface area contributed by atoms with E-state index in [0.717, 1.165) is 4.24 Å². The Labute approximate surface area is 92.5 Å². The Morgan fingerprint density at radius 2 is 2.21 bits per heavy atom. The molecule has 70 valence electrons. The topological polar surface area (TPSA) is 42.4 Å². The van der Waals surface area contributed by atoms with Crippen LogP contribution in [0.3, 0.4) is 0 Å². The number of rotatable bonds is 2. The van der Waals surface area contributed by atoms with E-state index >= 15 is 0 Å². The average Bonchev–Trinajstić information content (AvgIpc) is 2.16. The molecule has 0 aliphatic rings. The number of nitrogens with zero attached hydrogens (tertiary/aromatic N) is 2. The number of carbonyl (C=O) groups is 1. The molecule has 0 fully saturated rings. The van der Waals surface area contributed by atoms with Gasteiger partial charge < -0.3 is 0 Å². The molecule has 0 radical (unpaired) electrons. The van der Waals surface area contributed by atoms with Crippen LogP contribution in [0.5, 0.6) is 5.88 Å². The molecular formula is C9H11LiN2O2. The number of ether oxygens (including phenoxy) is 1. The van der Waals surface area contributed by atoms with E-state index in [9.17, 15) is 4.79 Å². The van der Waals surface area contributed by atoms with Crippen LogP contribution in [0.4, 0.5) is 0 Å². The van der Waals surface area contributed by atoms with Gasteiger partial charge in [0.1, 0.15) is 0 Å². The molecule has 4 nitrogen and oxygen atoms in total. The molecule has 1 heterocycles. The molecule has 0 aliphatic heterocycles. The minimum atomic E-state index is -0.0903. The van der Waals surface area contributed by atoms with Gasteiger partial charge in [-0.25, -0.2) is 0 Å². The van der Waals surface area contributed by atoms with E-state index in [1.807, 2.05) is 17.7 Å². The van der Waals surface area contributed by atoms with E-state index in [2.05, 4.69) is 4.98 Å². The summed E-state index contributed by atoms with van der Waals surface area (Å²) in [5.74, 6) is 0.288. The van der Waals surface area contributed by atoms with Crippen LogP contribution >= 0.6 is 0 Å². The zero-order valence-corrected chi connectivity index (χ0v) is 8.87. The van der Waals surface area contributed by atoms with Crippen molar-refractivity contribution in [3.63, 3.8) is 0 Å². The summed E-state index contributed by atoms with van der Waals surface area (Å²) < 4.78 is 5.91. The molecule has 1 rings (SSSR count). The normalized spacial score (nSPS) is 9.79. The van der Waals surface area contributed by atoms with Gasteiger partial charge >= 0.3 is 92.2 Å². The van der Waals surface area contributed by atoms with Gasteiger partial charge in [0.2, 0.25) is 0 Å². The van der Waals surface area contributed by atoms with Crippen molar-refractivity contribution in [2.45, 2.75) is 0 Å². The zero-order chi connectivity index (χ0) is 10.7. The van der Waals surface area contributed by atoms with Crippen molar-refractivity contribution in [1.82, 2.24) is 9.88 Å². The number of amides is 1. The van der Waals surface area contributed by atoms with Crippen LogP contribution < -0.4 is 8.97 Å². The summed E-state index contributed by atoms with van der Waals surface area (Å²) in [5.41, 5.74) is 0.528. The summed E-state index contributed by atoms with van der Waals surface area (Å²) in [7, 11) is 4.91. The first-order valence-corrected chi connectivity index (χ1v) is 4.29. The van der Waals surface area contributed by atoms with Crippen molar-refractivity contribution in [3.8, 4) is 5.88 Å². The van der Waals surface area contributed by atoms with E-state index in [4.69, 9.17) is 4.74 Å². The Morgan fingerprint density at radius 3 is 2.71 bits per heavy atom. The van der Waals surface area contributed by atoms with E-state index in [-0.39, 0.29) is 5.91 Å². The van der Waals surface area contributed by atoms with Crippen LogP contribution in [0.25, 0.3) is 0 Å². The van der Waals surface area contributed by atoms with Crippen LogP contribution in [-0.2, 0) is 0 Å². The van der Waals surface area contributed by atoms with E-state index < -0.39 is 0 Å². The van der Waals surface area contributed by atoms with Crippen LogP contribution in [-0.4, -0.2) is 54.7 Å². The first-order chi connectivity index (χ1) is 6.57. The van der Waals surface area contributed by atoms with Crippen LogP contribution in [0.1, 0.15) is 10.4 Å². The van der Waals surface area contributed by atoms with Gasteiger partial charge in [-0.2, -0.15) is 0 Å². The third-order valence-corrected chi connectivity index (χ3v) is 1.94. The van der Waals surface area contributed by atoms with Crippen molar-refractivity contribution in [1.29, 1.82) is 0 Å². The number of carbonyl (C=O) groups excluding carboxylic acids is 1. The fraction of sp³-hybridized carbons (Fsp3) is 0.333.